The average Bonchev–Trinajstić information content (AvgIpc) is 2.91. The Morgan fingerprint density at radius 1 is 1.41 bits per heavy atom. The van der Waals surface area contributed by atoms with Crippen LogP contribution in [0.4, 0.5) is 10.8 Å². The van der Waals surface area contributed by atoms with Crippen LogP contribution >= 0.6 is 34.7 Å². The van der Waals surface area contributed by atoms with Crippen molar-refractivity contribution < 1.29 is 4.79 Å². The molecule has 0 saturated heterocycles. The van der Waals surface area contributed by atoms with Gasteiger partial charge < -0.3 is 10.6 Å². The Morgan fingerprint density at radius 2 is 2.23 bits per heavy atom. The first-order valence-corrected chi connectivity index (χ1v) is 8.96. The molecule has 22 heavy (non-hydrogen) atoms. The summed E-state index contributed by atoms with van der Waals surface area (Å²) in [6, 6.07) is 7.07. The molecule has 1 aromatic heterocycles. The van der Waals surface area contributed by atoms with Gasteiger partial charge in [0.05, 0.1) is 5.75 Å². The molecule has 1 heterocycles. The van der Waals surface area contributed by atoms with Crippen LogP contribution in [0.15, 0.2) is 28.6 Å². The quantitative estimate of drug-likeness (QED) is 0.734. The fourth-order valence-electron chi connectivity index (χ4n) is 1.52. The molecule has 2 rings (SSSR count). The molecule has 2 N–H and O–H groups in total. The minimum Gasteiger partial charge on any atom is -0.360 e. The topological polar surface area (TPSA) is 66.9 Å². The molecule has 5 nitrogen and oxygen atoms in total. The van der Waals surface area contributed by atoms with Crippen molar-refractivity contribution in [3.8, 4) is 0 Å². The lowest BCUT2D eigenvalue weighted by Crippen LogP contribution is -2.13. The third-order valence-electron chi connectivity index (χ3n) is 2.50. The molecule has 0 spiro atoms. The number of hydrogen-bond donors (Lipinski definition) is 2. The highest BCUT2D eigenvalue weighted by atomic mass is 35.5. The van der Waals surface area contributed by atoms with Gasteiger partial charge in [0, 0.05) is 17.3 Å². The molecule has 0 saturated carbocycles. The second kappa shape index (κ2) is 8.36. The molecule has 0 aliphatic heterocycles. The largest absolute Gasteiger partial charge is 0.360 e. The highest BCUT2D eigenvalue weighted by molar-refractivity contribution is 8.01. The standard InChI is InChI=1S/C14H17ClN4OS2/c1-9(2)7-16-13-18-19-14(22-13)21-8-12(20)17-11-5-3-4-10(15)6-11/h3-6,9H,7-8H2,1-2H3,(H,16,18)(H,17,20). The molecule has 0 atom stereocenters. The van der Waals surface area contributed by atoms with Crippen LogP contribution in [-0.4, -0.2) is 28.4 Å². The molecule has 0 fully saturated rings. The molecular weight excluding hydrogens is 340 g/mol. The van der Waals surface area contributed by atoms with Crippen LogP contribution in [0.2, 0.25) is 5.02 Å². The van der Waals surface area contributed by atoms with Crippen molar-refractivity contribution in [2.45, 2.75) is 18.2 Å². The first-order chi connectivity index (χ1) is 10.5. The number of carbonyl (C=O) groups is 1. The number of halogens is 1. The summed E-state index contributed by atoms with van der Waals surface area (Å²) in [5.74, 6) is 0.730. The second-order valence-corrected chi connectivity index (χ2v) is 7.63. The van der Waals surface area contributed by atoms with Crippen molar-refractivity contribution in [3.05, 3.63) is 29.3 Å². The number of carbonyl (C=O) groups excluding carboxylic acids is 1. The monoisotopic (exact) mass is 356 g/mol. The summed E-state index contributed by atoms with van der Waals surface area (Å²) in [6.45, 7) is 5.11. The van der Waals surface area contributed by atoms with Crippen LogP contribution < -0.4 is 10.6 Å². The van der Waals surface area contributed by atoms with Gasteiger partial charge in [0.1, 0.15) is 0 Å². The summed E-state index contributed by atoms with van der Waals surface area (Å²) in [5, 5.41) is 15.5. The lowest BCUT2D eigenvalue weighted by molar-refractivity contribution is -0.113. The van der Waals surface area contributed by atoms with Crippen molar-refractivity contribution in [3.63, 3.8) is 0 Å². The Labute approximate surface area is 142 Å². The fourth-order valence-corrected chi connectivity index (χ4v) is 3.27. The molecule has 1 amide bonds. The lowest BCUT2D eigenvalue weighted by Gasteiger charge is -2.04. The minimum absolute atomic E-state index is 0.0980. The third kappa shape index (κ3) is 5.82. The number of nitrogens with one attached hydrogen (secondary N) is 2. The average molecular weight is 357 g/mol. The Balaban J connectivity index is 1.79. The van der Waals surface area contributed by atoms with Crippen LogP contribution in [0.25, 0.3) is 0 Å². The van der Waals surface area contributed by atoms with Crippen molar-refractivity contribution in [2.75, 3.05) is 22.9 Å². The van der Waals surface area contributed by atoms with Crippen molar-refractivity contribution in [1.29, 1.82) is 0 Å². The summed E-state index contributed by atoms with van der Waals surface area (Å²) in [7, 11) is 0. The Morgan fingerprint density at radius 3 is 2.95 bits per heavy atom. The normalized spacial score (nSPS) is 10.7. The number of anilines is 2. The lowest BCUT2D eigenvalue weighted by atomic mass is 10.2. The van der Waals surface area contributed by atoms with Gasteiger partial charge in [-0.2, -0.15) is 0 Å². The van der Waals surface area contributed by atoms with E-state index in [1.165, 1.54) is 23.1 Å². The van der Waals surface area contributed by atoms with Gasteiger partial charge in [-0.05, 0) is 24.1 Å². The highest BCUT2D eigenvalue weighted by Crippen LogP contribution is 2.25. The van der Waals surface area contributed by atoms with Crippen LogP contribution in [0.3, 0.4) is 0 Å². The van der Waals surface area contributed by atoms with Crippen molar-refractivity contribution >= 4 is 51.4 Å². The Bertz CT molecular complexity index is 633. The molecule has 2 aromatic rings. The van der Waals surface area contributed by atoms with Crippen molar-refractivity contribution in [1.82, 2.24) is 10.2 Å². The van der Waals surface area contributed by atoms with Crippen LogP contribution in [0.1, 0.15) is 13.8 Å². The molecular formula is C14H17ClN4OS2. The number of amides is 1. The van der Waals surface area contributed by atoms with Crippen LogP contribution in [-0.2, 0) is 4.79 Å². The van der Waals surface area contributed by atoms with E-state index in [2.05, 4.69) is 34.7 Å². The number of rotatable bonds is 7. The zero-order valence-corrected chi connectivity index (χ0v) is 14.7. The molecule has 118 valence electrons. The first kappa shape index (κ1) is 17.1. The Kier molecular flexibility index (Phi) is 6.48. The van der Waals surface area contributed by atoms with E-state index in [1.54, 1.807) is 24.3 Å². The van der Waals surface area contributed by atoms with Crippen molar-refractivity contribution in [2.24, 2.45) is 5.92 Å². The van der Waals surface area contributed by atoms with E-state index in [4.69, 9.17) is 11.6 Å². The van der Waals surface area contributed by atoms with Gasteiger partial charge >= 0.3 is 0 Å². The molecule has 1 aromatic carbocycles. The fraction of sp³-hybridized carbons (Fsp3) is 0.357. The summed E-state index contributed by atoms with van der Waals surface area (Å²) in [4.78, 5) is 11.9. The van der Waals surface area contributed by atoms with Gasteiger partial charge in [0.15, 0.2) is 4.34 Å². The number of benzene rings is 1. The third-order valence-corrected chi connectivity index (χ3v) is 4.75. The van der Waals surface area contributed by atoms with E-state index in [9.17, 15) is 4.79 Å². The maximum absolute atomic E-state index is 11.9. The van der Waals surface area contributed by atoms with Crippen LogP contribution in [0, 0.1) is 5.92 Å². The van der Waals surface area contributed by atoms with E-state index in [-0.39, 0.29) is 11.7 Å². The number of nitrogens with zero attached hydrogens (tertiary/aromatic N) is 2. The molecule has 0 aliphatic rings. The van der Waals surface area contributed by atoms with E-state index >= 15 is 0 Å². The number of thioether (sulfide) groups is 1. The SMILES string of the molecule is CC(C)CNc1nnc(SCC(=O)Nc2cccc(Cl)c2)s1. The zero-order chi connectivity index (χ0) is 15.9. The number of aromatic nitrogens is 2. The number of hydrogen-bond acceptors (Lipinski definition) is 6. The summed E-state index contributed by atoms with van der Waals surface area (Å²) in [5.41, 5.74) is 0.689. The van der Waals surface area contributed by atoms with Crippen LogP contribution in [0.5, 0.6) is 0 Å². The molecule has 8 heteroatoms. The highest BCUT2D eigenvalue weighted by Gasteiger charge is 2.09. The van der Waals surface area contributed by atoms with Gasteiger partial charge in [0.25, 0.3) is 0 Å². The predicted molar refractivity (Wildman–Crippen MR) is 94.0 cm³/mol. The van der Waals surface area contributed by atoms with Gasteiger partial charge in [0.2, 0.25) is 11.0 Å². The predicted octanol–water partition coefficient (Wildman–Crippen LogP) is 3.99. The first-order valence-electron chi connectivity index (χ1n) is 6.78. The van der Waals surface area contributed by atoms with E-state index in [0.717, 1.165) is 16.0 Å². The molecule has 0 radical (unpaired) electrons. The zero-order valence-electron chi connectivity index (χ0n) is 12.3. The maximum Gasteiger partial charge on any atom is 0.234 e. The molecule has 0 unspecified atom stereocenters. The smallest absolute Gasteiger partial charge is 0.234 e. The van der Waals surface area contributed by atoms with E-state index in [0.29, 0.717) is 16.6 Å². The van der Waals surface area contributed by atoms with E-state index in [1.807, 2.05) is 0 Å². The second-order valence-electron chi connectivity index (χ2n) is 5.00. The van der Waals surface area contributed by atoms with E-state index < -0.39 is 0 Å². The summed E-state index contributed by atoms with van der Waals surface area (Å²) >= 11 is 8.70. The van der Waals surface area contributed by atoms with Gasteiger partial charge in [-0.3, -0.25) is 4.79 Å². The molecule has 0 bridgehead atoms. The summed E-state index contributed by atoms with van der Waals surface area (Å²) in [6.07, 6.45) is 0. The van der Waals surface area contributed by atoms with Gasteiger partial charge in [-0.1, -0.05) is 54.6 Å². The summed E-state index contributed by atoms with van der Waals surface area (Å²) < 4.78 is 0.771. The maximum atomic E-state index is 11.9. The van der Waals surface area contributed by atoms with Gasteiger partial charge in [-0.15, -0.1) is 10.2 Å². The Hall–Kier alpha value is -1.31. The van der Waals surface area contributed by atoms with Gasteiger partial charge in [-0.25, -0.2) is 0 Å². The minimum atomic E-state index is -0.0980. The molecule has 0 aliphatic carbocycles.